The smallest absolute Gasteiger partial charge is 0.375 e. The van der Waals surface area contributed by atoms with Crippen LogP contribution in [0.25, 0.3) is 0 Å². The average Bonchev–Trinajstić information content (AvgIpc) is 3.43. The van der Waals surface area contributed by atoms with Crippen LogP contribution in [-0.2, 0) is 49.0 Å². The van der Waals surface area contributed by atoms with E-state index < -0.39 is 49.8 Å². The van der Waals surface area contributed by atoms with Gasteiger partial charge in [0.25, 0.3) is 0 Å². The molecule has 2 amide bonds. The van der Waals surface area contributed by atoms with Crippen molar-refractivity contribution in [2.24, 2.45) is 0 Å². The Balaban J connectivity index is 1.45. The second-order valence-electron chi connectivity index (χ2n) is 6.39. The summed E-state index contributed by atoms with van der Waals surface area (Å²) in [5, 5.41) is 13.5. The Morgan fingerprint density at radius 1 is 1.41 bits per heavy atom. The lowest BCUT2D eigenvalue weighted by Gasteiger charge is -2.15. The number of nitrogens with zero attached hydrogens (tertiary/aromatic N) is 5. The van der Waals surface area contributed by atoms with Gasteiger partial charge in [0.1, 0.15) is 18.9 Å². The molecule has 18 heteroatoms. The SMILES string of the molecule is CCOP(=O)(O)Cn1nnnc1SCC(=O)N[C@H]1CON(OC(=O)C2CCC(=O)O2)C1=O. The number of cyclic esters (lactones) is 1. The minimum atomic E-state index is -3.95. The number of hydrogen-bond donors (Lipinski definition) is 2. The second kappa shape index (κ2) is 10.4. The van der Waals surface area contributed by atoms with Crippen LogP contribution in [0.4, 0.5) is 0 Å². The molecular weight excluding hydrogens is 475 g/mol. The van der Waals surface area contributed by atoms with Crippen molar-refractivity contribution in [3.8, 4) is 0 Å². The standard InChI is InChI=1S/C14H19N6O10PS/c1-2-28-31(25,26)7-19-14(16-17-18-19)32-6-10(21)15-8-5-27-20(12(8)23)30-13(24)9-3-4-11(22)29-9/h8-9H,2-7H2,1H3,(H,15,21)(H,25,26)/t8-,9?/m0/s1. The molecule has 3 heterocycles. The quantitative estimate of drug-likeness (QED) is 0.213. The summed E-state index contributed by atoms with van der Waals surface area (Å²) in [5.41, 5.74) is 0. The van der Waals surface area contributed by atoms with Crippen LogP contribution in [0.1, 0.15) is 19.8 Å². The van der Waals surface area contributed by atoms with Crippen LogP contribution in [0.5, 0.6) is 0 Å². The Hall–Kier alpha value is -2.59. The van der Waals surface area contributed by atoms with E-state index in [1.807, 2.05) is 0 Å². The molecule has 16 nitrogen and oxygen atoms in total. The van der Waals surface area contributed by atoms with E-state index in [0.29, 0.717) is 5.23 Å². The number of carbonyl (C=O) groups excluding carboxylic acids is 4. The third kappa shape index (κ3) is 6.23. The van der Waals surface area contributed by atoms with Gasteiger partial charge in [-0.15, -0.1) is 5.10 Å². The van der Waals surface area contributed by atoms with Crippen LogP contribution in [0.3, 0.4) is 0 Å². The summed E-state index contributed by atoms with van der Waals surface area (Å²) in [6.45, 7) is 1.30. The molecule has 0 bridgehead atoms. The molecule has 0 saturated carbocycles. The van der Waals surface area contributed by atoms with Crippen LogP contribution in [0, 0.1) is 0 Å². The number of carbonyl (C=O) groups is 4. The Bertz CT molecular complexity index is 943. The number of rotatable bonds is 10. The fourth-order valence-electron chi connectivity index (χ4n) is 2.58. The van der Waals surface area contributed by atoms with Gasteiger partial charge in [-0.3, -0.25) is 18.9 Å². The molecule has 32 heavy (non-hydrogen) atoms. The average molecular weight is 494 g/mol. The molecule has 0 spiro atoms. The lowest BCUT2D eigenvalue weighted by molar-refractivity contribution is -0.306. The molecular formula is C14H19N6O10PS. The second-order valence-corrected chi connectivity index (χ2v) is 9.14. The van der Waals surface area contributed by atoms with Crippen LogP contribution < -0.4 is 5.32 Å². The highest BCUT2D eigenvalue weighted by Gasteiger charge is 2.40. The normalized spacial score (nSPS) is 22.5. The fraction of sp³-hybridized carbons (Fsp3) is 0.643. The van der Waals surface area contributed by atoms with E-state index >= 15 is 0 Å². The first kappa shape index (κ1) is 24.1. The van der Waals surface area contributed by atoms with E-state index in [1.165, 1.54) is 0 Å². The maximum absolute atomic E-state index is 12.2. The maximum atomic E-state index is 12.2. The van der Waals surface area contributed by atoms with Crippen molar-refractivity contribution in [3.63, 3.8) is 0 Å². The van der Waals surface area contributed by atoms with Crippen molar-refractivity contribution in [2.45, 2.75) is 43.4 Å². The van der Waals surface area contributed by atoms with Crippen LogP contribution in [0.2, 0.25) is 0 Å². The minimum absolute atomic E-state index is 0.0242. The fourth-order valence-corrected chi connectivity index (χ4v) is 4.38. The zero-order chi connectivity index (χ0) is 23.3. The number of thioether (sulfide) groups is 1. The summed E-state index contributed by atoms with van der Waals surface area (Å²) in [7, 11) is -3.95. The summed E-state index contributed by atoms with van der Waals surface area (Å²) < 4.78 is 22.4. The lowest BCUT2D eigenvalue weighted by atomic mass is 10.2. The highest BCUT2D eigenvalue weighted by atomic mass is 32.2. The van der Waals surface area contributed by atoms with Crippen molar-refractivity contribution in [3.05, 3.63) is 0 Å². The predicted octanol–water partition coefficient (Wildman–Crippen LogP) is -1.63. The number of esters is 1. The number of tetrazole rings is 1. The Labute approximate surface area is 184 Å². The first-order valence-electron chi connectivity index (χ1n) is 9.21. The molecule has 1 aromatic rings. The van der Waals surface area contributed by atoms with Crippen molar-refractivity contribution >= 4 is 43.1 Å². The number of ether oxygens (including phenoxy) is 1. The highest BCUT2D eigenvalue weighted by molar-refractivity contribution is 7.99. The molecule has 3 atom stereocenters. The zero-order valence-electron chi connectivity index (χ0n) is 16.6. The number of hydrogen-bond acceptors (Lipinski definition) is 13. The molecule has 0 aromatic carbocycles. The van der Waals surface area contributed by atoms with Crippen LogP contribution in [0.15, 0.2) is 5.16 Å². The summed E-state index contributed by atoms with van der Waals surface area (Å²) in [4.78, 5) is 66.8. The molecule has 2 fully saturated rings. The van der Waals surface area contributed by atoms with E-state index in [0.717, 1.165) is 16.4 Å². The third-order valence-electron chi connectivity index (χ3n) is 3.97. The Kier molecular flexibility index (Phi) is 7.78. The van der Waals surface area contributed by atoms with Gasteiger partial charge in [0.2, 0.25) is 17.2 Å². The van der Waals surface area contributed by atoms with Crippen molar-refractivity contribution in [2.75, 3.05) is 19.0 Å². The van der Waals surface area contributed by atoms with Gasteiger partial charge in [-0.25, -0.2) is 14.3 Å². The van der Waals surface area contributed by atoms with Crippen LogP contribution >= 0.6 is 19.4 Å². The summed E-state index contributed by atoms with van der Waals surface area (Å²) in [5.74, 6) is -3.17. The summed E-state index contributed by atoms with van der Waals surface area (Å²) in [6, 6.07) is -1.12. The Morgan fingerprint density at radius 3 is 2.88 bits per heavy atom. The maximum Gasteiger partial charge on any atom is 0.375 e. The van der Waals surface area contributed by atoms with E-state index in [4.69, 9.17) is 18.9 Å². The highest BCUT2D eigenvalue weighted by Crippen LogP contribution is 2.43. The van der Waals surface area contributed by atoms with Gasteiger partial charge in [-0.2, -0.15) is 0 Å². The number of aromatic nitrogens is 4. The number of nitrogens with one attached hydrogen (secondary N) is 1. The number of amides is 2. The van der Waals surface area contributed by atoms with Crippen molar-refractivity contribution in [1.82, 2.24) is 30.8 Å². The van der Waals surface area contributed by atoms with Crippen molar-refractivity contribution < 1.29 is 47.6 Å². The summed E-state index contributed by atoms with van der Waals surface area (Å²) in [6.07, 6.45) is -1.42. The number of hydroxylamine groups is 2. The molecule has 2 aliphatic heterocycles. The van der Waals surface area contributed by atoms with Gasteiger partial charge in [0, 0.05) is 12.8 Å². The molecule has 2 unspecified atom stereocenters. The van der Waals surface area contributed by atoms with E-state index in [9.17, 15) is 28.6 Å². The van der Waals surface area contributed by atoms with Crippen molar-refractivity contribution in [1.29, 1.82) is 0 Å². The predicted molar refractivity (Wildman–Crippen MR) is 99.9 cm³/mol. The Morgan fingerprint density at radius 2 is 2.19 bits per heavy atom. The van der Waals surface area contributed by atoms with Gasteiger partial charge in [0.15, 0.2) is 0 Å². The minimum Gasteiger partial charge on any atom is -0.450 e. The van der Waals surface area contributed by atoms with E-state index in [-0.39, 0.29) is 37.0 Å². The van der Waals surface area contributed by atoms with Gasteiger partial charge < -0.3 is 24.3 Å². The van der Waals surface area contributed by atoms with E-state index in [1.54, 1.807) is 6.92 Å². The molecule has 2 aliphatic rings. The molecule has 3 rings (SSSR count). The molecule has 0 aliphatic carbocycles. The van der Waals surface area contributed by atoms with Crippen LogP contribution in [-0.4, -0.2) is 85.2 Å². The van der Waals surface area contributed by atoms with E-state index in [2.05, 4.69) is 20.8 Å². The zero-order valence-corrected chi connectivity index (χ0v) is 18.3. The summed E-state index contributed by atoms with van der Waals surface area (Å²) >= 11 is 0.861. The molecule has 176 valence electrons. The molecule has 2 N–H and O–H groups in total. The molecule has 2 saturated heterocycles. The van der Waals surface area contributed by atoms with Gasteiger partial charge in [-0.05, 0) is 22.6 Å². The first-order valence-corrected chi connectivity index (χ1v) is 12.0. The van der Waals surface area contributed by atoms with Gasteiger partial charge >= 0.3 is 25.4 Å². The third-order valence-corrected chi connectivity index (χ3v) is 6.21. The molecule has 1 aromatic heterocycles. The first-order chi connectivity index (χ1) is 15.2. The van der Waals surface area contributed by atoms with Gasteiger partial charge in [-0.1, -0.05) is 11.8 Å². The topological polar surface area (TPSA) is 201 Å². The monoisotopic (exact) mass is 494 g/mol. The largest absolute Gasteiger partial charge is 0.450 e. The molecule has 0 radical (unpaired) electrons. The van der Waals surface area contributed by atoms with Gasteiger partial charge in [0.05, 0.1) is 12.4 Å². The lowest BCUT2D eigenvalue weighted by Crippen LogP contribution is -2.44.